The SMILES string of the molecule is CN1C(=O)C2(CCN(C(=O)Nc3cc(F)cc(F)c3)CC2)C1c1ccc(Cl)cc1. The van der Waals surface area contributed by atoms with Crippen molar-refractivity contribution in [2.45, 2.75) is 18.9 Å². The van der Waals surface area contributed by atoms with E-state index in [0.717, 1.165) is 23.8 Å². The number of carbonyl (C=O) groups excluding carboxylic acids is 2. The van der Waals surface area contributed by atoms with E-state index in [-0.39, 0.29) is 17.6 Å². The van der Waals surface area contributed by atoms with E-state index in [4.69, 9.17) is 11.6 Å². The van der Waals surface area contributed by atoms with E-state index in [2.05, 4.69) is 5.32 Å². The molecule has 3 amide bonds. The third-order valence-electron chi connectivity index (χ3n) is 5.90. The van der Waals surface area contributed by atoms with Gasteiger partial charge in [-0.3, -0.25) is 4.79 Å². The number of benzene rings is 2. The van der Waals surface area contributed by atoms with Crippen LogP contribution in [0.4, 0.5) is 19.3 Å². The molecule has 1 atom stereocenters. The van der Waals surface area contributed by atoms with E-state index < -0.39 is 23.1 Å². The van der Waals surface area contributed by atoms with Gasteiger partial charge in [-0.1, -0.05) is 23.7 Å². The maximum absolute atomic E-state index is 13.3. The third-order valence-corrected chi connectivity index (χ3v) is 6.15. The number of hydrogen-bond donors (Lipinski definition) is 1. The zero-order valence-corrected chi connectivity index (χ0v) is 16.5. The van der Waals surface area contributed by atoms with Gasteiger partial charge in [0.1, 0.15) is 11.6 Å². The minimum absolute atomic E-state index is 0.0604. The molecule has 2 aromatic rings. The molecule has 2 aliphatic rings. The molecule has 1 unspecified atom stereocenters. The molecule has 1 spiro atoms. The summed E-state index contributed by atoms with van der Waals surface area (Å²) >= 11 is 5.98. The van der Waals surface area contributed by atoms with E-state index in [1.54, 1.807) is 16.8 Å². The monoisotopic (exact) mass is 419 g/mol. The highest BCUT2D eigenvalue weighted by molar-refractivity contribution is 6.30. The number of rotatable bonds is 2. The number of urea groups is 1. The second-order valence-corrected chi connectivity index (χ2v) is 8.04. The molecule has 0 radical (unpaired) electrons. The first-order valence-electron chi connectivity index (χ1n) is 9.35. The molecule has 2 heterocycles. The van der Waals surface area contributed by atoms with Crippen LogP contribution in [0.15, 0.2) is 42.5 Å². The minimum Gasteiger partial charge on any atom is -0.337 e. The number of carbonyl (C=O) groups is 2. The predicted octanol–water partition coefficient (Wildman–Crippen LogP) is 4.45. The largest absolute Gasteiger partial charge is 0.337 e. The summed E-state index contributed by atoms with van der Waals surface area (Å²) in [4.78, 5) is 28.5. The van der Waals surface area contributed by atoms with E-state index in [1.807, 2.05) is 24.3 Å². The summed E-state index contributed by atoms with van der Waals surface area (Å²) in [5.41, 5.74) is 0.542. The molecular weight excluding hydrogens is 400 g/mol. The van der Waals surface area contributed by atoms with Gasteiger partial charge in [0, 0.05) is 36.9 Å². The van der Waals surface area contributed by atoms with Crippen LogP contribution in [0.5, 0.6) is 0 Å². The molecular formula is C21H20ClF2N3O2. The number of anilines is 1. The van der Waals surface area contributed by atoms with Gasteiger partial charge < -0.3 is 15.1 Å². The molecule has 1 N–H and O–H groups in total. The highest BCUT2D eigenvalue weighted by Gasteiger charge is 2.60. The van der Waals surface area contributed by atoms with Gasteiger partial charge >= 0.3 is 6.03 Å². The van der Waals surface area contributed by atoms with Crippen molar-refractivity contribution in [3.05, 3.63) is 64.7 Å². The zero-order valence-electron chi connectivity index (χ0n) is 15.8. The molecule has 2 fully saturated rings. The van der Waals surface area contributed by atoms with E-state index in [0.29, 0.717) is 31.0 Å². The number of halogens is 3. The van der Waals surface area contributed by atoms with Gasteiger partial charge in [0.2, 0.25) is 5.91 Å². The van der Waals surface area contributed by atoms with Gasteiger partial charge in [-0.05, 0) is 42.7 Å². The molecule has 5 nitrogen and oxygen atoms in total. The second kappa shape index (κ2) is 7.30. The van der Waals surface area contributed by atoms with E-state index in [9.17, 15) is 18.4 Å². The molecule has 152 valence electrons. The summed E-state index contributed by atoms with van der Waals surface area (Å²) in [6.07, 6.45) is 1.04. The summed E-state index contributed by atoms with van der Waals surface area (Å²) in [5.74, 6) is -1.44. The summed E-state index contributed by atoms with van der Waals surface area (Å²) < 4.78 is 26.7. The zero-order chi connectivity index (χ0) is 20.8. The first-order chi connectivity index (χ1) is 13.8. The maximum Gasteiger partial charge on any atom is 0.321 e. The van der Waals surface area contributed by atoms with Crippen molar-refractivity contribution in [2.24, 2.45) is 5.41 Å². The van der Waals surface area contributed by atoms with Crippen molar-refractivity contribution in [3.63, 3.8) is 0 Å². The Morgan fingerprint density at radius 2 is 1.69 bits per heavy atom. The molecule has 0 aromatic heterocycles. The van der Waals surface area contributed by atoms with Crippen molar-refractivity contribution in [2.75, 3.05) is 25.5 Å². The van der Waals surface area contributed by atoms with Crippen LogP contribution < -0.4 is 5.32 Å². The fourth-order valence-electron chi connectivity index (χ4n) is 4.50. The quantitative estimate of drug-likeness (QED) is 0.731. The smallest absolute Gasteiger partial charge is 0.321 e. The lowest BCUT2D eigenvalue weighted by Crippen LogP contribution is -2.65. The number of piperidine rings is 1. The number of nitrogens with one attached hydrogen (secondary N) is 1. The molecule has 29 heavy (non-hydrogen) atoms. The lowest BCUT2D eigenvalue weighted by atomic mass is 9.62. The molecule has 4 rings (SSSR count). The summed E-state index contributed by atoms with van der Waals surface area (Å²) in [7, 11) is 1.78. The van der Waals surface area contributed by atoms with Crippen LogP contribution in [0, 0.1) is 17.0 Å². The highest BCUT2D eigenvalue weighted by atomic mass is 35.5. The van der Waals surface area contributed by atoms with E-state index >= 15 is 0 Å². The average molecular weight is 420 g/mol. The number of nitrogens with zero attached hydrogens (tertiary/aromatic N) is 2. The van der Waals surface area contributed by atoms with Gasteiger partial charge in [0.05, 0.1) is 11.5 Å². The predicted molar refractivity (Wildman–Crippen MR) is 106 cm³/mol. The van der Waals surface area contributed by atoms with Gasteiger partial charge in [-0.15, -0.1) is 0 Å². The second-order valence-electron chi connectivity index (χ2n) is 7.60. The van der Waals surface area contributed by atoms with Gasteiger partial charge in [0.25, 0.3) is 0 Å². The minimum atomic E-state index is -0.758. The lowest BCUT2D eigenvalue weighted by Gasteiger charge is -2.57. The van der Waals surface area contributed by atoms with Crippen molar-refractivity contribution in [3.8, 4) is 0 Å². The standard InChI is InChI=1S/C21H20ClF2N3O2/c1-26-18(13-2-4-14(22)5-3-13)21(19(26)28)6-8-27(9-7-21)20(29)25-17-11-15(23)10-16(24)12-17/h2-5,10-12,18H,6-9H2,1H3,(H,25,29). The van der Waals surface area contributed by atoms with E-state index in [1.165, 1.54) is 0 Å². The molecule has 0 aliphatic carbocycles. The lowest BCUT2D eigenvalue weighted by molar-refractivity contribution is -0.175. The molecule has 2 aliphatic heterocycles. The summed E-state index contributed by atoms with van der Waals surface area (Å²) in [5, 5.41) is 3.16. The Morgan fingerprint density at radius 3 is 2.28 bits per heavy atom. The number of β-lactam (4-membered cyclic amide) rings is 1. The molecule has 8 heteroatoms. The Bertz CT molecular complexity index is 939. The van der Waals surface area contributed by atoms with Crippen molar-refractivity contribution >= 4 is 29.2 Å². The Balaban J connectivity index is 1.45. The fraction of sp³-hybridized carbons (Fsp3) is 0.333. The van der Waals surface area contributed by atoms with Crippen LogP contribution in [-0.2, 0) is 4.79 Å². The van der Waals surface area contributed by atoms with Crippen molar-refractivity contribution in [1.82, 2.24) is 9.80 Å². The highest BCUT2D eigenvalue weighted by Crippen LogP contribution is 2.55. The molecule has 0 bridgehead atoms. The van der Waals surface area contributed by atoms with Gasteiger partial charge in [-0.25, -0.2) is 13.6 Å². The Labute approximate surface area is 172 Å². The number of likely N-dealkylation sites (tertiary alicyclic amines) is 2. The van der Waals surface area contributed by atoms with Crippen LogP contribution in [0.2, 0.25) is 5.02 Å². The molecule has 2 saturated heterocycles. The topological polar surface area (TPSA) is 52.7 Å². The fourth-order valence-corrected chi connectivity index (χ4v) is 4.63. The maximum atomic E-state index is 13.3. The Morgan fingerprint density at radius 1 is 1.10 bits per heavy atom. The molecule has 2 aromatic carbocycles. The summed E-state index contributed by atoms with van der Waals surface area (Å²) in [6, 6.07) is 9.84. The van der Waals surface area contributed by atoms with Crippen LogP contribution in [0.1, 0.15) is 24.4 Å². The number of hydrogen-bond acceptors (Lipinski definition) is 2. The molecule has 0 saturated carbocycles. The Hall–Kier alpha value is -2.67. The van der Waals surface area contributed by atoms with Crippen LogP contribution in [-0.4, -0.2) is 41.9 Å². The normalized spacial score (nSPS) is 20.6. The average Bonchev–Trinajstić information content (AvgIpc) is 2.69. The van der Waals surface area contributed by atoms with Gasteiger partial charge in [-0.2, -0.15) is 0 Å². The first kappa shape index (κ1) is 19.6. The van der Waals surface area contributed by atoms with Crippen molar-refractivity contribution in [1.29, 1.82) is 0 Å². The van der Waals surface area contributed by atoms with Gasteiger partial charge in [0.15, 0.2) is 0 Å². The summed E-state index contributed by atoms with van der Waals surface area (Å²) in [6.45, 7) is 0.764. The first-order valence-corrected chi connectivity index (χ1v) is 9.73. The van der Waals surface area contributed by atoms with Crippen LogP contribution in [0.25, 0.3) is 0 Å². The van der Waals surface area contributed by atoms with Crippen LogP contribution >= 0.6 is 11.6 Å². The number of amides is 3. The third kappa shape index (κ3) is 3.44. The van der Waals surface area contributed by atoms with Crippen LogP contribution in [0.3, 0.4) is 0 Å². The van der Waals surface area contributed by atoms with Crippen molar-refractivity contribution < 1.29 is 18.4 Å². The Kier molecular flexibility index (Phi) is 4.94.